The maximum absolute atomic E-state index is 13.2. The number of fused-ring (bicyclic) bond motifs is 4. The van der Waals surface area contributed by atoms with Crippen LogP contribution >= 0.6 is 0 Å². The highest BCUT2D eigenvalue weighted by molar-refractivity contribution is 6.04. The molecule has 7 heteroatoms. The van der Waals surface area contributed by atoms with Gasteiger partial charge in [-0.05, 0) is 29.2 Å². The Kier molecular flexibility index (Phi) is 4.86. The molecular formula is C25H22N6O. The molecule has 0 atom stereocenters. The Hall–Kier alpha value is -4.13. The van der Waals surface area contributed by atoms with Crippen LogP contribution in [0.15, 0.2) is 77.4 Å². The molecule has 0 unspecified atom stereocenters. The van der Waals surface area contributed by atoms with Crippen molar-refractivity contribution < 1.29 is 0 Å². The summed E-state index contributed by atoms with van der Waals surface area (Å²) in [6.07, 6.45) is 4.92. The van der Waals surface area contributed by atoms with Gasteiger partial charge < -0.3 is 0 Å². The Balaban J connectivity index is 1.76. The topological polar surface area (TPSA) is 78.0 Å². The van der Waals surface area contributed by atoms with Gasteiger partial charge in [0.15, 0.2) is 11.3 Å². The first-order valence-electron chi connectivity index (χ1n) is 10.5. The van der Waals surface area contributed by atoms with Gasteiger partial charge in [0.1, 0.15) is 17.2 Å². The molecule has 0 spiro atoms. The van der Waals surface area contributed by atoms with Crippen LogP contribution in [0.1, 0.15) is 30.9 Å². The maximum atomic E-state index is 13.2. The van der Waals surface area contributed by atoms with Crippen molar-refractivity contribution in [1.82, 2.24) is 24.2 Å². The fraction of sp³-hybridized carbons (Fsp3) is 0.160. The molecule has 0 saturated heterocycles. The number of hydrogen-bond acceptors (Lipinski definition) is 5. The first-order chi connectivity index (χ1) is 15.6. The highest BCUT2D eigenvalue weighted by atomic mass is 16.1. The van der Waals surface area contributed by atoms with E-state index >= 15 is 0 Å². The molecule has 3 aromatic heterocycles. The van der Waals surface area contributed by atoms with E-state index in [1.54, 1.807) is 17.0 Å². The minimum Gasteiger partial charge on any atom is -0.295 e. The molecule has 2 aromatic carbocycles. The first kappa shape index (κ1) is 19.8. The van der Waals surface area contributed by atoms with Crippen LogP contribution in [0.4, 0.5) is 0 Å². The molecule has 0 aliphatic carbocycles. The van der Waals surface area contributed by atoms with Gasteiger partial charge in [-0.1, -0.05) is 56.3 Å². The van der Waals surface area contributed by atoms with E-state index in [4.69, 9.17) is 9.97 Å². The Morgan fingerprint density at radius 1 is 1.03 bits per heavy atom. The van der Waals surface area contributed by atoms with E-state index in [1.165, 1.54) is 16.5 Å². The number of aromatic nitrogens is 5. The molecule has 0 N–H and O–H groups in total. The molecule has 0 aliphatic rings. The van der Waals surface area contributed by atoms with Crippen LogP contribution in [-0.2, 0) is 6.54 Å². The molecule has 0 aliphatic heterocycles. The standard InChI is InChI=1S/C25H22N6O/c1-4-13-30-15-26-23-21(25(30)32)22-24(29-20-8-6-5-7-19(20)28-22)31(23)27-14-17-9-11-18(12-10-17)16(2)3/h4-12,14-16H,1,13H2,2-3H3/b27-14-. The zero-order valence-corrected chi connectivity index (χ0v) is 17.9. The van der Waals surface area contributed by atoms with Gasteiger partial charge in [0.2, 0.25) is 0 Å². The third-order valence-corrected chi connectivity index (χ3v) is 5.46. The summed E-state index contributed by atoms with van der Waals surface area (Å²) in [6.45, 7) is 8.41. The zero-order valence-electron chi connectivity index (χ0n) is 17.9. The molecule has 0 fully saturated rings. The van der Waals surface area contributed by atoms with Crippen LogP contribution in [0.25, 0.3) is 33.2 Å². The number of rotatable bonds is 5. The Morgan fingerprint density at radius 2 is 1.75 bits per heavy atom. The van der Waals surface area contributed by atoms with Crippen molar-refractivity contribution >= 4 is 39.4 Å². The van der Waals surface area contributed by atoms with Crippen molar-refractivity contribution in [3.05, 3.63) is 89.0 Å². The highest BCUT2D eigenvalue weighted by Gasteiger charge is 2.19. The summed E-state index contributed by atoms with van der Waals surface area (Å²) in [6, 6.07) is 15.8. The average Bonchev–Trinajstić information content (AvgIpc) is 3.11. The summed E-state index contributed by atoms with van der Waals surface area (Å²) in [7, 11) is 0. The molecule has 0 saturated carbocycles. The molecule has 0 bridgehead atoms. The Labute approximate surface area is 184 Å². The third kappa shape index (κ3) is 3.28. The van der Waals surface area contributed by atoms with E-state index in [0.717, 1.165) is 11.1 Å². The molecule has 7 nitrogen and oxygen atoms in total. The van der Waals surface area contributed by atoms with Gasteiger partial charge in [0.05, 0.1) is 17.2 Å². The second-order valence-electron chi connectivity index (χ2n) is 7.95. The SMILES string of the molecule is C=CCn1cnc2c(c1=O)c1nc3ccccc3nc1n2/N=C\c1ccc(C(C)C)cc1. The van der Waals surface area contributed by atoms with Crippen molar-refractivity contribution in [2.75, 3.05) is 0 Å². The predicted octanol–water partition coefficient (Wildman–Crippen LogP) is 4.49. The van der Waals surface area contributed by atoms with E-state index in [1.807, 2.05) is 36.4 Å². The molecular weight excluding hydrogens is 400 g/mol. The van der Waals surface area contributed by atoms with Gasteiger partial charge in [-0.2, -0.15) is 9.78 Å². The largest absolute Gasteiger partial charge is 0.295 e. The summed E-state index contributed by atoms with van der Waals surface area (Å²) < 4.78 is 3.10. The van der Waals surface area contributed by atoms with Crippen LogP contribution in [-0.4, -0.2) is 30.4 Å². The summed E-state index contributed by atoms with van der Waals surface area (Å²) in [4.78, 5) is 27.2. The monoisotopic (exact) mass is 422 g/mol. The Morgan fingerprint density at radius 3 is 2.44 bits per heavy atom. The second kappa shape index (κ2) is 7.85. The molecule has 0 amide bonds. The summed E-state index contributed by atoms with van der Waals surface area (Å²) in [5.74, 6) is 0.462. The van der Waals surface area contributed by atoms with Crippen molar-refractivity contribution in [3.63, 3.8) is 0 Å². The predicted molar refractivity (Wildman–Crippen MR) is 128 cm³/mol. The number of benzene rings is 2. The summed E-state index contributed by atoms with van der Waals surface area (Å²) in [5, 5.41) is 5.05. The van der Waals surface area contributed by atoms with Gasteiger partial charge >= 0.3 is 0 Å². The molecule has 5 rings (SSSR count). The van der Waals surface area contributed by atoms with Gasteiger partial charge in [-0.3, -0.25) is 9.36 Å². The Bertz CT molecular complexity index is 1560. The lowest BCUT2D eigenvalue weighted by molar-refractivity contribution is 0.763. The molecule has 3 heterocycles. The van der Waals surface area contributed by atoms with Crippen molar-refractivity contribution in [2.45, 2.75) is 26.3 Å². The van der Waals surface area contributed by atoms with Gasteiger partial charge in [-0.15, -0.1) is 6.58 Å². The minimum atomic E-state index is -0.195. The lowest BCUT2D eigenvalue weighted by Gasteiger charge is -2.04. The maximum Gasteiger partial charge on any atom is 0.265 e. The van der Waals surface area contributed by atoms with E-state index in [2.05, 4.69) is 42.6 Å². The molecule has 0 radical (unpaired) electrons. The van der Waals surface area contributed by atoms with E-state index < -0.39 is 0 Å². The number of allylic oxidation sites excluding steroid dienone is 1. The number of para-hydroxylation sites is 2. The number of nitrogens with zero attached hydrogens (tertiary/aromatic N) is 6. The molecule has 5 aromatic rings. The van der Waals surface area contributed by atoms with Gasteiger partial charge in [0, 0.05) is 6.54 Å². The zero-order chi connectivity index (χ0) is 22.2. The highest BCUT2D eigenvalue weighted by Crippen LogP contribution is 2.25. The first-order valence-corrected chi connectivity index (χ1v) is 10.5. The lowest BCUT2D eigenvalue weighted by Crippen LogP contribution is -2.19. The molecule has 32 heavy (non-hydrogen) atoms. The van der Waals surface area contributed by atoms with Crippen LogP contribution < -0.4 is 5.56 Å². The summed E-state index contributed by atoms with van der Waals surface area (Å²) >= 11 is 0. The van der Waals surface area contributed by atoms with Crippen LogP contribution in [0.5, 0.6) is 0 Å². The van der Waals surface area contributed by atoms with Crippen molar-refractivity contribution in [1.29, 1.82) is 0 Å². The lowest BCUT2D eigenvalue weighted by atomic mass is 10.0. The average molecular weight is 422 g/mol. The van der Waals surface area contributed by atoms with E-state index in [0.29, 0.717) is 40.2 Å². The fourth-order valence-corrected chi connectivity index (χ4v) is 3.72. The van der Waals surface area contributed by atoms with Gasteiger partial charge in [0.25, 0.3) is 5.56 Å². The summed E-state index contributed by atoms with van der Waals surface area (Å²) in [5.41, 5.74) is 4.86. The van der Waals surface area contributed by atoms with Gasteiger partial charge in [-0.25, -0.2) is 15.0 Å². The van der Waals surface area contributed by atoms with Crippen LogP contribution in [0.2, 0.25) is 0 Å². The van der Waals surface area contributed by atoms with E-state index in [9.17, 15) is 4.79 Å². The van der Waals surface area contributed by atoms with Crippen LogP contribution in [0.3, 0.4) is 0 Å². The van der Waals surface area contributed by atoms with Crippen LogP contribution in [0, 0.1) is 0 Å². The normalized spacial score (nSPS) is 12.0. The third-order valence-electron chi connectivity index (χ3n) is 5.46. The second-order valence-corrected chi connectivity index (χ2v) is 7.95. The molecule has 158 valence electrons. The number of hydrogen-bond donors (Lipinski definition) is 0. The van der Waals surface area contributed by atoms with E-state index in [-0.39, 0.29) is 5.56 Å². The fourth-order valence-electron chi connectivity index (χ4n) is 3.72. The minimum absolute atomic E-state index is 0.195. The quantitative estimate of drug-likeness (QED) is 0.309. The smallest absolute Gasteiger partial charge is 0.265 e. The van der Waals surface area contributed by atoms with Crippen molar-refractivity contribution in [3.8, 4) is 0 Å². The van der Waals surface area contributed by atoms with Crippen molar-refractivity contribution in [2.24, 2.45) is 5.10 Å².